The normalized spacial score (nSPS) is 29.2. The molecular formula is C17H16N6NaO7P. The fraction of sp³-hybridized carbons (Fsp3) is 0.294. The maximum Gasteiger partial charge on any atom is 1.00 e. The van der Waals surface area contributed by atoms with Crippen LogP contribution in [0, 0.1) is 0 Å². The molecule has 2 aliphatic rings. The molecule has 3 aromatic rings. The van der Waals surface area contributed by atoms with E-state index in [0.717, 1.165) is 0 Å². The first-order valence-corrected chi connectivity index (χ1v) is 10.7. The van der Waals surface area contributed by atoms with Gasteiger partial charge in [0.1, 0.15) is 24.6 Å². The Labute approximate surface area is 203 Å². The van der Waals surface area contributed by atoms with E-state index in [0.29, 0.717) is 5.69 Å². The Bertz CT molecular complexity index is 1180. The van der Waals surface area contributed by atoms with Gasteiger partial charge in [-0.2, -0.15) is 0 Å². The van der Waals surface area contributed by atoms with Crippen molar-refractivity contribution in [3.05, 3.63) is 43.0 Å². The number of aromatic nitrogens is 4. The number of anilines is 2. The number of nitrogens with one attached hydrogen (secondary N) is 2. The maximum atomic E-state index is 12.3. The summed E-state index contributed by atoms with van der Waals surface area (Å²) in [5, 5.41) is 15.9. The number of amides is 2. The van der Waals surface area contributed by atoms with Crippen LogP contribution in [0.15, 0.2) is 43.0 Å². The number of rotatable bonds is 3. The van der Waals surface area contributed by atoms with Crippen molar-refractivity contribution in [3.8, 4) is 0 Å². The third-order valence-corrected chi connectivity index (χ3v) is 5.82. The van der Waals surface area contributed by atoms with Gasteiger partial charge < -0.3 is 29.1 Å². The van der Waals surface area contributed by atoms with E-state index in [1.54, 1.807) is 24.3 Å². The Kier molecular flexibility index (Phi) is 6.63. The summed E-state index contributed by atoms with van der Waals surface area (Å²) in [7, 11) is -4.49. The van der Waals surface area contributed by atoms with Crippen LogP contribution in [0.2, 0.25) is 0 Å². The van der Waals surface area contributed by atoms with Crippen molar-refractivity contribution in [1.82, 2.24) is 19.5 Å². The minimum atomic E-state index is -4.49. The largest absolute Gasteiger partial charge is 1.00 e. The Balaban J connectivity index is 0.00000245. The molecule has 32 heavy (non-hydrogen) atoms. The number of fused-ring (bicyclic) bond motifs is 2. The van der Waals surface area contributed by atoms with E-state index >= 15 is 0 Å². The predicted octanol–water partition coefficient (Wildman–Crippen LogP) is -2.38. The molecule has 0 radical (unpaired) electrons. The summed E-state index contributed by atoms with van der Waals surface area (Å²) < 4.78 is 28.2. The van der Waals surface area contributed by atoms with Gasteiger partial charge >= 0.3 is 35.6 Å². The number of hydrogen-bond acceptors (Lipinski definition) is 10. The van der Waals surface area contributed by atoms with E-state index in [9.17, 15) is 19.4 Å². The van der Waals surface area contributed by atoms with Gasteiger partial charge in [-0.25, -0.2) is 19.7 Å². The fourth-order valence-corrected chi connectivity index (χ4v) is 4.43. The van der Waals surface area contributed by atoms with E-state index < -0.39 is 38.4 Å². The van der Waals surface area contributed by atoms with Crippen molar-refractivity contribution in [3.63, 3.8) is 0 Å². The molecule has 3 N–H and O–H groups in total. The van der Waals surface area contributed by atoms with E-state index in [1.807, 2.05) is 6.07 Å². The molecule has 5 atom stereocenters. The van der Waals surface area contributed by atoms with Crippen LogP contribution < -0.4 is 45.1 Å². The fourth-order valence-electron chi connectivity index (χ4n) is 3.48. The predicted molar refractivity (Wildman–Crippen MR) is 103 cm³/mol. The number of nitrogens with zero attached hydrogens (tertiary/aromatic N) is 4. The van der Waals surface area contributed by atoms with Crippen LogP contribution in [-0.2, 0) is 18.3 Å². The summed E-state index contributed by atoms with van der Waals surface area (Å²) in [6.07, 6.45) is -1.68. The number of carbonyl (C=O) groups excluding carboxylic acids is 1. The zero-order valence-electron chi connectivity index (χ0n) is 16.7. The molecule has 4 heterocycles. The molecule has 0 spiro atoms. The van der Waals surface area contributed by atoms with Gasteiger partial charge in [0.15, 0.2) is 23.2 Å². The Morgan fingerprint density at radius 2 is 2.00 bits per heavy atom. The van der Waals surface area contributed by atoms with Gasteiger partial charge in [0.05, 0.1) is 12.9 Å². The van der Waals surface area contributed by atoms with Gasteiger partial charge in [-0.15, -0.1) is 0 Å². The van der Waals surface area contributed by atoms with Gasteiger partial charge in [0, 0.05) is 5.69 Å². The van der Waals surface area contributed by atoms with Crippen molar-refractivity contribution >= 4 is 36.5 Å². The van der Waals surface area contributed by atoms with Crippen molar-refractivity contribution in [2.24, 2.45) is 0 Å². The van der Waals surface area contributed by atoms with Crippen LogP contribution in [-0.4, -0.2) is 55.6 Å². The Hall–Kier alpha value is -1.93. The van der Waals surface area contributed by atoms with Crippen molar-refractivity contribution < 1.29 is 62.7 Å². The van der Waals surface area contributed by atoms with Gasteiger partial charge in [0.2, 0.25) is 0 Å². The average Bonchev–Trinajstić information content (AvgIpc) is 3.30. The minimum absolute atomic E-state index is 0. The van der Waals surface area contributed by atoms with E-state index in [-0.39, 0.29) is 53.1 Å². The Morgan fingerprint density at radius 1 is 1.22 bits per heavy atom. The van der Waals surface area contributed by atoms with Crippen molar-refractivity contribution in [2.45, 2.75) is 24.5 Å². The molecule has 15 heteroatoms. The SMILES string of the molecule is O=C(Nc1ccccc1)Nc1ncnc2c1ncn2[C@@H]1O[C@@H]2COP(=O)([O-])O[C@H]2[C@H]1O.[Na+]. The molecule has 5 rings (SSSR count). The van der Waals surface area contributed by atoms with Crippen LogP contribution in [0.25, 0.3) is 11.2 Å². The molecule has 2 fully saturated rings. The smallest absolute Gasteiger partial charge is 0.756 e. The monoisotopic (exact) mass is 470 g/mol. The Morgan fingerprint density at radius 3 is 2.78 bits per heavy atom. The molecule has 0 saturated carbocycles. The van der Waals surface area contributed by atoms with Crippen LogP contribution in [0.3, 0.4) is 0 Å². The number of urea groups is 1. The van der Waals surface area contributed by atoms with Crippen LogP contribution >= 0.6 is 7.82 Å². The first-order valence-electron chi connectivity index (χ1n) is 9.19. The van der Waals surface area contributed by atoms with E-state index in [4.69, 9.17) is 9.26 Å². The third kappa shape index (κ3) is 4.44. The van der Waals surface area contributed by atoms with Crippen molar-refractivity contribution in [2.75, 3.05) is 17.2 Å². The number of ether oxygens (including phenoxy) is 1. The molecule has 0 aliphatic carbocycles. The summed E-state index contributed by atoms with van der Waals surface area (Å²) in [6.45, 7) is -0.271. The molecule has 2 aromatic heterocycles. The number of aliphatic hydroxyl groups is 1. The summed E-state index contributed by atoms with van der Waals surface area (Å²) in [5.74, 6) is 0.144. The van der Waals surface area contributed by atoms with Gasteiger partial charge in [-0.05, 0) is 12.1 Å². The van der Waals surface area contributed by atoms with Gasteiger partial charge in [-0.1, -0.05) is 18.2 Å². The number of hydrogen-bond donors (Lipinski definition) is 3. The van der Waals surface area contributed by atoms with Crippen LogP contribution in [0.4, 0.5) is 16.3 Å². The number of imidazole rings is 1. The van der Waals surface area contributed by atoms with Crippen molar-refractivity contribution in [1.29, 1.82) is 0 Å². The first-order chi connectivity index (χ1) is 14.9. The molecule has 13 nitrogen and oxygen atoms in total. The second-order valence-electron chi connectivity index (χ2n) is 6.86. The van der Waals surface area contributed by atoms with Crippen LogP contribution in [0.5, 0.6) is 0 Å². The number of phosphoric ester groups is 1. The summed E-state index contributed by atoms with van der Waals surface area (Å²) in [5.41, 5.74) is 1.11. The number of para-hydroxylation sites is 1. The quantitative estimate of drug-likeness (QED) is 0.277. The van der Waals surface area contributed by atoms with E-state index in [2.05, 4.69) is 30.1 Å². The first kappa shape index (κ1) is 23.2. The average molecular weight is 470 g/mol. The second kappa shape index (κ2) is 9.14. The molecule has 1 aromatic carbocycles. The van der Waals surface area contributed by atoms with Gasteiger partial charge in [-0.3, -0.25) is 14.4 Å². The minimum Gasteiger partial charge on any atom is -0.756 e. The zero-order chi connectivity index (χ0) is 21.6. The molecule has 2 saturated heterocycles. The molecule has 0 bridgehead atoms. The second-order valence-corrected chi connectivity index (χ2v) is 8.22. The van der Waals surface area contributed by atoms with Gasteiger partial charge in [0.25, 0.3) is 7.82 Å². The number of carbonyl (C=O) groups is 1. The maximum absolute atomic E-state index is 12.3. The molecular weight excluding hydrogens is 454 g/mol. The number of benzene rings is 1. The third-order valence-electron chi connectivity index (χ3n) is 4.85. The van der Waals surface area contributed by atoms with Crippen LogP contribution in [0.1, 0.15) is 6.23 Å². The summed E-state index contributed by atoms with van der Waals surface area (Å²) in [4.78, 5) is 36.3. The molecule has 1 unspecified atom stereocenters. The summed E-state index contributed by atoms with van der Waals surface area (Å²) in [6, 6.07) is 8.33. The topological polar surface area (TPSA) is 173 Å². The standard InChI is InChI=1S/C17H17N6O7P.Na/c24-12-13-10(6-28-31(26,27)30-13)29-16(12)23-8-20-11-14(18-7-19-15(11)23)22-17(25)21-9-4-2-1-3-5-9;/h1-5,7-8,10,12-13,16,24H,6H2,(H,26,27)(H2,18,19,21,22,25);/q;+1/p-1/t10-,12-,13-,16-;/m1./s1. The molecule has 2 amide bonds. The van der Waals surface area contributed by atoms with E-state index in [1.165, 1.54) is 17.2 Å². The number of phosphoric acid groups is 1. The zero-order valence-corrected chi connectivity index (χ0v) is 19.6. The number of aliphatic hydroxyl groups excluding tert-OH is 1. The summed E-state index contributed by atoms with van der Waals surface area (Å²) >= 11 is 0. The molecule has 162 valence electrons. The molecule has 2 aliphatic heterocycles.